The van der Waals surface area contributed by atoms with Crippen LogP contribution in [0.15, 0.2) is 30.3 Å². The molecular weight excluding hydrogens is 234 g/mol. The SMILES string of the molecule is O[C@H](CN1CC[C@H]2CCCC[C@H]2C1)c1ccccc1. The second-order valence-electron chi connectivity index (χ2n) is 6.28. The van der Waals surface area contributed by atoms with Crippen LogP contribution in [0.2, 0.25) is 0 Å². The van der Waals surface area contributed by atoms with Gasteiger partial charge in [0.1, 0.15) is 0 Å². The number of fused-ring (bicyclic) bond motifs is 1. The molecule has 19 heavy (non-hydrogen) atoms. The predicted molar refractivity (Wildman–Crippen MR) is 77.9 cm³/mol. The van der Waals surface area contributed by atoms with E-state index in [4.69, 9.17) is 0 Å². The molecule has 0 bridgehead atoms. The van der Waals surface area contributed by atoms with Gasteiger partial charge in [-0.05, 0) is 36.8 Å². The van der Waals surface area contributed by atoms with Gasteiger partial charge in [0.05, 0.1) is 6.10 Å². The fourth-order valence-electron chi connectivity index (χ4n) is 3.87. The van der Waals surface area contributed by atoms with Crippen molar-refractivity contribution in [3.63, 3.8) is 0 Å². The fourth-order valence-corrected chi connectivity index (χ4v) is 3.87. The average molecular weight is 259 g/mol. The van der Waals surface area contributed by atoms with E-state index in [2.05, 4.69) is 4.90 Å². The molecular formula is C17H25NO. The molecule has 3 rings (SSSR count). The highest BCUT2D eigenvalue weighted by Gasteiger charge is 2.31. The van der Waals surface area contributed by atoms with Gasteiger partial charge < -0.3 is 10.0 Å². The normalized spacial score (nSPS) is 29.7. The average Bonchev–Trinajstić information content (AvgIpc) is 2.48. The molecule has 1 aromatic rings. The molecule has 1 aliphatic heterocycles. The summed E-state index contributed by atoms with van der Waals surface area (Å²) in [4.78, 5) is 2.48. The Kier molecular flexibility index (Phi) is 4.19. The second-order valence-corrected chi connectivity index (χ2v) is 6.28. The quantitative estimate of drug-likeness (QED) is 0.901. The highest BCUT2D eigenvalue weighted by atomic mass is 16.3. The monoisotopic (exact) mass is 259 g/mol. The Balaban J connectivity index is 1.56. The van der Waals surface area contributed by atoms with Crippen molar-refractivity contribution in [1.82, 2.24) is 4.90 Å². The molecule has 0 amide bonds. The van der Waals surface area contributed by atoms with Crippen molar-refractivity contribution in [2.24, 2.45) is 11.8 Å². The summed E-state index contributed by atoms with van der Waals surface area (Å²) in [7, 11) is 0. The van der Waals surface area contributed by atoms with Gasteiger partial charge in [-0.1, -0.05) is 49.6 Å². The molecule has 1 saturated heterocycles. The topological polar surface area (TPSA) is 23.5 Å². The summed E-state index contributed by atoms with van der Waals surface area (Å²) in [6.07, 6.45) is 6.71. The van der Waals surface area contributed by atoms with Crippen molar-refractivity contribution in [1.29, 1.82) is 0 Å². The van der Waals surface area contributed by atoms with Crippen LogP contribution >= 0.6 is 0 Å². The first-order chi connectivity index (χ1) is 9.33. The number of nitrogens with zero attached hydrogens (tertiary/aromatic N) is 1. The standard InChI is InChI=1S/C17H25NO/c19-17(15-7-2-1-3-8-15)13-18-11-10-14-6-4-5-9-16(14)12-18/h1-3,7-8,14,16-17,19H,4-6,9-13H2/t14-,16+,17-/m1/s1. The number of hydrogen-bond donors (Lipinski definition) is 1. The molecule has 0 aromatic heterocycles. The lowest BCUT2D eigenvalue weighted by atomic mass is 9.75. The van der Waals surface area contributed by atoms with Crippen molar-refractivity contribution in [3.8, 4) is 0 Å². The molecule has 0 unspecified atom stereocenters. The van der Waals surface area contributed by atoms with Gasteiger partial charge in [-0.3, -0.25) is 0 Å². The molecule has 0 spiro atoms. The molecule has 1 saturated carbocycles. The Labute approximate surface area is 116 Å². The first-order valence-corrected chi connectivity index (χ1v) is 7.78. The molecule has 2 heteroatoms. The van der Waals surface area contributed by atoms with E-state index in [0.29, 0.717) is 0 Å². The Morgan fingerprint density at radius 2 is 1.79 bits per heavy atom. The highest BCUT2D eigenvalue weighted by Crippen LogP contribution is 2.36. The van der Waals surface area contributed by atoms with E-state index in [-0.39, 0.29) is 6.10 Å². The molecule has 2 nitrogen and oxygen atoms in total. The van der Waals surface area contributed by atoms with Gasteiger partial charge in [0.2, 0.25) is 0 Å². The van der Waals surface area contributed by atoms with E-state index in [1.54, 1.807) is 0 Å². The summed E-state index contributed by atoms with van der Waals surface area (Å²) in [6, 6.07) is 10.1. The van der Waals surface area contributed by atoms with Crippen LogP contribution in [-0.4, -0.2) is 29.6 Å². The number of β-amino-alcohol motifs (C(OH)–C–C–N with tert-alkyl or cyclic N) is 1. The lowest BCUT2D eigenvalue weighted by molar-refractivity contribution is 0.0460. The minimum atomic E-state index is -0.332. The molecule has 104 valence electrons. The zero-order chi connectivity index (χ0) is 13.1. The molecule has 0 radical (unpaired) electrons. The number of piperidine rings is 1. The van der Waals surface area contributed by atoms with E-state index >= 15 is 0 Å². The minimum Gasteiger partial charge on any atom is -0.387 e. The van der Waals surface area contributed by atoms with Crippen LogP contribution < -0.4 is 0 Å². The lowest BCUT2D eigenvalue weighted by Gasteiger charge is -2.41. The first kappa shape index (κ1) is 13.1. The Morgan fingerprint density at radius 3 is 2.58 bits per heavy atom. The van der Waals surface area contributed by atoms with Crippen molar-refractivity contribution in [2.45, 2.75) is 38.2 Å². The summed E-state index contributed by atoms with van der Waals surface area (Å²) in [5.74, 6) is 1.87. The van der Waals surface area contributed by atoms with Crippen molar-refractivity contribution in [3.05, 3.63) is 35.9 Å². The Morgan fingerprint density at radius 1 is 1.05 bits per heavy atom. The van der Waals surface area contributed by atoms with E-state index in [9.17, 15) is 5.11 Å². The van der Waals surface area contributed by atoms with Gasteiger partial charge in [-0.2, -0.15) is 0 Å². The number of benzene rings is 1. The first-order valence-electron chi connectivity index (χ1n) is 7.78. The summed E-state index contributed by atoms with van der Waals surface area (Å²) >= 11 is 0. The molecule has 2 aliphatic rings. The summed E-state index contributed by atoms with van der Waals surface area (Å²) in [5.41, 5.74) is 1.05. The van der Waals surface area contributed by atoms with Gasteiger partial charge >= 0.3 is 0 Å². The fraction of sp³-hybridized carbons (Fsp3) is 0.647. The summed E-state index contributed by atoms with van der Waals surface area (Å²) < 4.78 is 0. The highest BCUT2D eigenvalue weighted by molar-refractivity contribution is 5.17. The van der Waals surface area contributed by atoms with Crippen molar-refractivity contribution < 1.29 is 5.11 Å². The maximum Gasteiger partial charge on any atom is 0.0916 e. The third-order valence-electron chi connectivity index (χ3n) is 4.99. The van der Waals surface area contributed by atoms with Crippen molar-refractivity contribution >= 4 is 0 Å². The number of aliphatic hydroxyl groups is 1. The largest absolute Gasteiger partial charge is 0.387 e. The van der Waals surface area contributed by atoms with E-state index in [0.717, 1.165) is 23.9 Å². The van der Waals surface area contributed by atoms with Crippen LogP contribution in [0.25, 0.3) is 0 Å². The van der Waals surface area contributed by atoms with Gasteiger partial charge in [0, 0.05) is 13.1 Å². The zero-order valence-electron chi connectivity index (χ0n) is 11.7. The number of rotatable bonds is 3. The molecule has 1 aliphatic carbocycles. The molecule has 1 heterocycles. The molecule has 1 aromatic carbocycles. The molecule has 3 atom stereocenters. The summed E-state index contributed by atoms with van der Waals surface area (Å²) in [5, 5.41) is 10.3. The third-order valence-corrected chi connectivity index (χ3v) is 4.99. The third kappa shape index (κ3) is 3.18. The van der Waals surface area contributed by atoms with Crippen LogP contribution in [0.3, 0.4) is 0 Å². The number of likely N-dealkylation sites (tertiary alicyclic amines) is 1. The van der Waals surface area contributed by atoms with Gasteiger partial charge in [0.25, 0.3) is 0 Å². The maximum absolute atomic E-state index is 10.3. The molecule has 1 N–H and O–H groups in total. The van der Waals surface area contributed by atoms with Crippen LogP contribution in [0.5, 0.6) is 0 Å². The maximum atomic E-state index is 10.3. The summed E-state index contributed by atoms with van der Waals surface area (Å²) in [6.45, 7) is 3.17. The smallest absolute Gasteiger partial charge is 0.0916 e. The van der Waals surface area contributed by atoms with Gasteiger partial charge in [-0.25, -0.2) is 0 Å². The Hall–Kier alpha value is -0.860. The van der Waals surface area contributed by atoms with E-state index in [1.165, 1.54) is 45.2 Å². The number of aliphatic hydroxyl groups excluding tert-OH is 1. The number of hydrogen-bond acceptors (Lipinski definition) is 2. The zero-order valence-corrected chi connectivity index (χ0v) is 11.7. The second kappa shape index (κ2) is 6.06. The van der Waals surface area contributed by atoms with Crippen molar-refractivity contribution in [2.75, 3.05) is 19.6 Å². The van der Waals surface area contributed by atoms with Crippen LogP contribution in [0.4, 0.5) is 0 Å². The van der Waals surface area contributed by atoms with Crippen LogP contribution in [0.1, 0.15) is 43.8 Å². The van der Waals surface area contributed by atoms with Crippen LogP contribution in [0, 0.1) is 11.8 Å². The van der Waals surface area contributed by atoms with E-state index < -0.39 is 0 Å². The Bertz CT molecular complexity index is 392. The van der Waals surface area contributed by atoms with Gasteiger partial charge in [-0.15, -0.1) is 0 Å². The minimum absolute atomic E-state index is 0.332. The molecule has 2 fully saturated rings. The van der Waals surface area contributed by atoms with Crippen LogP contribution in [-0.2, 0) is 0 Å². The van der Waals surface area contributed by atoms with Gasteiger partial charge in [0.15, 0.2) is 0 Å². The predicted octanol–water partition coefficient (Wildman–Crippen LogP) is 3.23. The lowest BCUT2D eigenvalue weighted by Crippen LogP contribution is -2.43. The van der Waals surface area contributed by atoms with E-state index in [1.807, 2.05) is 30.3 Å².